The van der Waals surface area contributed by atoms with Gasteiger partial charge < -0.3 is 20.6 Å². The first-order valence-corrected chi connectivity index (χ1v) is 8.93. The molecule has 0 saturated heterocycles. The Morgan fingerprint density at radius 3 is 2.56 bits per heavy atom. The minimum absolute atomic E-state index is 0.0764. The lowest BCUT2D eigenvalue weighted by atomic mass is 10.0. The quantitative estimate of drug-likeness (QED) is 0.470. The molecule has 9 heteroatoms. The van der Waals surface area contributed by atoms with E-state index in [1.54, 1.807) is 0 Å². The van der Waals surface area contributed by atoms with Crippen molar-refractivity contribution in [2.24, 2.45) is 5.92 Å². The molecule has 1 saturated carbocycles. The molecule has 150 valence electrons. The number of aliphatic hydroxyl groups is 1. The molecule has 0 radical (unpaired) electrons. The van der Waals surface area contributed by atoms with E-state index < -0.39 is 0 Å². The number of methoxy groups -OCH3 is 1. The standard InChI is InChI=1S/C7H14O2.C6H10O.C5H5N5O/c1-4-6(5-2)7(8)9-3;1-5-2-3-6(7)4-5;6-5-9-3-2(4(11)10-5)7-1-8-3/h6H,4-5H2,1-3H3;6-7H,1-4H2;1H,(H4,6,7,8,9,10,11). The lowest BCUT2D eigenvalue weighted by molar-refractivity contribution is -0.145. The summed E-state index contributed by atoms with van der Waals surface area (Å²) in [6.07, 6.45) is 5.87. The number of esters is 1. The summed E-state index contributed by atoms with van der Waals surface area (Å²) in [4.78, 5) is 34.3. The van der Waals surface area contributed by atoms with Crippen LogP contribution in [0.1, 0.15) is 46.0 Å². The normalized spacial score (nSPS) is 15.7. The first-order chi connectivity index (χ1) is 12.8. The molecule has 0 spiro atoms. The summed E-state index contributed by atoms with van der Waals surface area (Å²) < 4.78 is 4.56. The Hall–Kier alpha value is -2.68. The molecule has 2 aromatic rings. The Labute approximate surface area is 158 Å². The van der Waals surface area contributed by atoms with Crippen molar-refractivity contribution < 1.29 is 14.6 Å². The number of carbonyl (C=O) groups is 1. The van der Waals surface area contributed by atoms with Gasteiger partial charge in [0.1, 0.15) is 0 Å². The third-order valence-corrected chi connectivity index (χ3v) is 4.19. The van der Waals surface area contributed by atoms with Crippen LogP contribution in [-0.4, -0.2) is 44.2 Å². The van der Waals surface area contributed by atoms with Crippen molar-refractivity contribution in [2.45, 2.75) is 52.1 Å². The van der Waals surface area contributed by atoms with Crippen molar-refractivity contribution in [1.29, 1.82) is 0 Å². The maximum atomic E-state index is 11.0. The summed E-state index contributed by atoms with van der Waals surface area (Å²) in [5, 5.41) is 8.84. The van der Waals surface area contributed by atoms with E-state index in [4.69, 9.17) is 10.8 Å². The average molecular weight is 379 g/mol. The molecule has 27 heavy (non-hydrogen) atoms. The zero-order valence-corrected chi connectivity index (χ0v) is 16.1. The zero-order valence-electron chi connectivity index (χ0n) is 16.1. The van der Waals surface area contributed by atoms with E-state index in [2.05, 4.69) is 31.3 Å². The molecule has 0 aromatic carbocycles. The minimum atomic E-state index is -0.301. The number of nitrogens with one attached hydrogen (secondary N) is 2. The Kier molecular flexibility index (Phi) is 9.21. The first-order valence-electron chi connectivity index (χ1n) is 8.93. The van der Waals surface area contributed by atoms with Gasteiger partial charge in [-0.1, -0.05) is 26.0 Å². The van der Waals surface area contributed by atoms with Crippen molar-refractivity contribution in [2.75, 3.05) is 12.8 Å². The second-order valence-corrected chi connectivity index (χ2v) is 6.24. The number of ether oxygens (including phenoxy) is 1. The molecule has 0 bridgehead atoms. The van der Waals surface area contributed by atoms with Gasteiger partial charge in [0.15, 0.2) is 11.2 Å². The molecular formula is C18H29N5O4. The molecular weight excluding hydrogens is 350 g/mol. The summed E-state index contributed by atoms with van der Waals surface area (Å²) in [7, 11) is 1.43. The molecule has 2 aromatic heterocycles. The highest BCUT2D eigenvalue weighted by atomic mass is 16.5. The second kappa shape index (κ2) is 11.1. The van der Waals surface area contributed by atoms with Crippen LogP contribution in [0.15, 0.2) is 23.3 Å². The van der Waals surface area contributed by atoms with Crippen LogP contribution in [-0.2, 0) is 9.53 Å². The summed E-state index contributed by atoms with van der Waals surface area (Å²) in [5.74, 6) is 0.101. The number of hydrogen-bond donors (Lipinski definition) is 4. The van der Waals surface area contributed by atoms with Gasteiger partial charge in [-0.25, -0.2) is 4.98 Å². The van der Waals surface area contributed by atoms with E-state index in [0.717, 1.165) is 32.1 Å². The molecule has 1 fully saturated rings. The lowest BCUT2D eigenvalue weighted by Gasteiger charge is -2.07. The third kappa shape index (κ3) is 7.22. The van der Waals surface area contributed by atoms with Crippen LogP contribution < -0.4 is 11.3 Å². The number of hydrogen-bond acceptors (Lipinski definition) is 7. The van der Waals surface area contributed by atoms with E-state index in [9.17, 15) is 9.59 Å². The number of H-pyrrole nitrogens is 2. The number of fused-ring (bicyclic) bond motifs is 1. The number of imidazole rings is 1. The number of anilines is 1. The molecule has 3 rings (SSSR count). The van der Waals surface area contributed by atoms with Crippen LogP contribution in [0.4, 0.5) is 5.95 Å². The van der Waals surface area contributed by atoms with Crippen LogP contribution >= 0.6 is 0 Å². The Bertz CT molecular complexity index is 794. The predicted octanol–water partition coefficient (Wildman–Crippen LogP) is 1.91. The summed E-state index contributed by atoms with van der Waals surface area (Å²) in [5.41, 5.74) is 6.85. The van der Waals surface area contributed by atoms with Crippen molar-refractivity contribution >= 4 is 23.1 Å². The van der Waals surface area contributed by atoms with Crippen molar-refractivity contribution in [3.63, 3.8) is 0 Å². The van der Waals surface area contributed by atoms with Gasteiger partial charge in [0.25, 0.3) is 5.56 Å². The van der Waals surface area contributed by atoms with E-state index >= 15 is 0 Å². The molecule has 0 aliphatic heterocycles. The van der Waals surface area contributed by atoms with Crippen molar-refractivity contribution in [3.05, 3.63) is 28.8 Å². The Balaban J connectivity index is 0.000000208. The van der Waals surface area contributed by atoms with Gasteiger partial charge in [-0.05, 0) is 32.1 Å². The fourth-order valence-electron chi connectivity index (χ4n) is 2.56. The number of aromatic amines is 2. The first kappa shape index (κ1) is 22.4. The monoisotopic (exact) mass is 379 g/mol. The molecule has 1 atom stereocenters. The average Bonchev–Trinajstić information content (AvgIpc) is 3.25. The van der Waals surface area contributed by atoms with Crippen molar-refractivity contribution in [3.8, 4) is 0 Å². The maximum Gasteiger partial charge on any atom is 0.308 e. The Morgan fingerprint density at radius 1 is 1.48 bits per heavy atom. The number of rotatable bonds is 3. The fourth-order valence-corrected chi connectivity index (χ4v) is 2.56. The van der Waals surface area contributed by atoms with Gasteiger partial charge in [-0.15, -0.1) is 0 Å². The van der Waals surface area contributed by atoms with Crippen LogP contribution in [0.25, 0.3) is 11.2 Å². The third-order valence-electron chi connectivity index (χ3n) is 4.19. The molecule has 1 unspecified atom stereocenters. The van der Waals surface area contributed by atoms with E-state index in [1.165, 1.54) is 19.0 Å². The molecule has 2 heterocycles. The van der Waals surface area contributed by atoms with Gasteiger partial charge >= 0.3 is 5.97 Å². The SMILES string of the molecule is C=C1CCC(O)C1.CCC(CC)C(=O)OC.Nc1nc2nc[nH]c2c(=O)[nH]1. The Morgan fingerprint density at radius 2 is 2.15 bits per heavy atom. The van der Waals surface area contributed by atoms with E-state index in [1.807, 2.05) is 13.8 Å². The molecule has 1 aliphatic rings. The number of nitrogens with zero attached hydrogens (tertiary/aromatic N) is 2. The molecule has 5 N–H and O–H groups in total. The fraction of sp³-hybridized carbons (Fsp3) is 0.556. The van der Waals surface area contributed by atoms with Crippen LogP contribution in [0.2, 0.25) is 0 Å². The number of aromatic nitrogens is 4. The molecule has 1 aliphatic carbocycles. The largest absolute Gasteiger partial charge is 0.469 e. The predicted molar refractivity (Wildman–Crippen MR) is 104 cm³/mol. The van der Waals surface area contributed by atoms with E-state index in [-0.39, 0.29) is 29.5 Å². The highest BCUT2D eigenvalue weighted by Gasteiger charge is 2.13. The molecule has 0 amide bonds. The maximum absolute atomic E-state index is 11.0. The lowest BCUT2D eigenvalue weighted by Crippen LogP contribution is -2.13. The van der Waals surface area contributed by atoms with Crippen LogP contribution in [0, 0.1) is 5.92 Å². The van der Waals surface area contributed by atoms with Gasteiger partial charge in [-0.2, -0.15) is 4.98 Å². The smallest absolute Gasteiger partial charge is 0.308 e. The minimum Gasteiger partial charge on any atom is -0.469 e. The van der Waals surface area contributed by atoms with Crippen molar-refractivity contribution in [1.82, 2.24) is 19.9 Å². The van der Waals surface area contributed by atoms with E-state index in [0.29, 0.717) is 11.2 Å². The summed E-state index contributed by atoms with van der Waals surface area (Å²) in [6, 6.07) is 0. The topological polar surface area (TPSA) is 147 Å². The molecule has 9 nitrogen and oxygen atoms in total. The van der Waals surface area contributed by atoms with Crippen LogP contribution in [0.3, 0.4) is 0 Å². The number of nitrogens with two attached hydrogens (primary N) is 1. The second-order valence-electron chi connectivity index (χ2n) is 6.24. The summed E-state index contributed by atoms with van der Waals surface area (Å²) >= 11 is 0. The highest BCUT2D eigenvalue weighted by molar-refractivity contribution is 5.72. The highest BCUT2D eigenvalue weighted by Crippen LogP contribution is 2.21. The summed E-state index contributed by atoms with van der Waals surface area (Å²) in [6.45, 7) is 7.73. The zero-order chi connectivity index (χ0) is 20.4. The number of nitrogen functional groups attached to an aromatic ring is 1. The number of carbonyl (C=O) groups excluding carboxylic acids is 1. The van der Waals surface area contributed by atoms with Gasteiger partial charge in [0.05, 0.1) is 25.5 Å². The van der Waals surface area contributed by atoms with Gasteiger partial charge in [0.2, 0.25) is 5.95 Å². The number of aliphatic hydroxyl groups excluding tert-OH is 1. The van der Waals surface area contributed by atoms with Gasteiger partial charge in [-0.3, -0.25) is 14.6 Å². The van der Waals surface area contributed by atoms with Gasteiger partial charge in [0, 0.05) is 0 Å². The van der Waals surface area contributed by atoms with Crippen LogP contribution in [0.5, 0.6) is 0 Å².